The van der Waals surface area contributed by atoms with Crippen LogP contribution in [0.15, 0.2) is 41.3 Å². The zero-order valence-corrected chi connectivity index (χ0v) is 18.9. The minimum Gasteiger partial charge on any atom is -0.444 e. The van der Waals surface area contributed by atoms with Gasteiger partial charge in [0, 0.05) is 27.5 Å². The molecule has 0 saturated heterocycles. The van der Waals surface area contributed by atoms with Gasteiger partial charge in [-0.3, -0.25) is 0 Å². The zero-order chi connectivity index (χ0) is 21.8. The molecule has 1 unspecified atom stereocenters. The molecular weight excluding hydrogens is 387 g/mol. The molecule has 0 spiro atoms. The molecule has 156 valence electrons. The van der Waals surface area contributed by atoms with E-state index in [0.29, 0.717) is 5.52 Å². The van der Waals surface area contributed by atoms with Gasteiger partial charge in [-0.25, -0.2) is 14.2 Å². The van der Waals surface area contributed by atoms with Crippen LogP contribution in [0.3, 0.4) is 0 Å². The molecule has 2 aromatic rings. The minimum absolute atomic E-state index is 0.332. The number of nitrogens with zero attached hydrogens (tertiary/aromatic N) is 1. The first-order chi connectivity index (χ1) is 13.6. The molecule has 0 aliphatic carbocycles. The molecule has 1 heterocycles. The number of nitrogens with one attached hydrogen (secondary N) is 1. The Morgan fingerprint density at radius 3 is 2.48 bits per heavy atom. The molecule has 0 aliphatic heterocycles. The summed E-state index contributed by atoms with van der Waals surface area (Å²) in [4.78, 5) is 18.1. The monoisotopic (exact) mass is 416 g/mol. The second-order valence-corrected chi connectivity index (χ2v) is 8.54. The van der Waals surface area contributed by atoms with Gasteiger partial charge in [0.15, 0.2) is 0 Å². The summed E-state index contributed by atoms with van der Waals surface area (Å²) < 4.78 is 19.2. The van der Waals surface area contributed by atoms with E-state index in [1.165, 1.54) is 12.1 Å². The van der Waals surface area contributed by atoms with Crippen LogP contribution in [0, 0.1) is 5.82 Å². The quantitative estimate of drug-likeness (QED) is 0.556. The van der Waals surface area contributed by atoms with E-state index in [9.17, 15) is 9.18 Å². The van der Waals surface area contributed by atoms with Crippen LogP contribution in [0.5, 0.6) is 0 Å². The van der Waals surface area contributed by atoms with Crippen LogP contribution in [0.4, 0.5) is 9.18 Å². The van der Waals surface area contributed by atoms with Crippen molar-refractivity contribution >= 4 is 34.3 Å². The average Bonchev–Trinajstić information content (AvgIpc) is 2.63. The molecule has 6 heteroatoms. The molecule has 1 aromatic carbocycles. The SMILES string of the molecule is CC=C(SC)C(=CC)c1nc2cc(F)ccc2cc1C(C)NC(=O)OC(C)(C)C. The van der Waals surface area contributed by atoms with E-state index in [-0.39, 0.29) is 11.9 Å². The number of halogens is 1. The number of carbonyl (C=O) groups excluding carboxylic acids is 1. The van der Waals surface area contributed by atoms with Crippen molar-refractivity contribution in [1.29, 1.82) is 0 Å². The number of benzene rings is 1. The fraction of sp³-hybridized carbons (Fsp3) is 0.391. The molecule has 4 nitrogen and oxygen atoms in total. The van der Waals surface area contributed by atoms with E-state index < -0.39 is 11.7 Å². The Balaban J connectivity index is 2.59. The summed E-state index contributed by atoms with van der Waals surface area (Å²) in [7, 11) is 0. The van der Waals surface area contributed by atoms with E-state index in [4.69, 9.17) is 9.72 Å². The molecule has 1 amide bonds. The van der Waals surface area contributed by atoms with Crippen molar-refractivity contribution in [2.24, 2.45) is 0 Å². The number of hydrogen-bond donors (Lipinski definition) is 1. The zero-order valence-electron chi connectivity index (χ0n) is 18.1. The Labute approximate surface area is 176 Å². The van der Waals surface area contributed by atoms with Crippen LogP contribution in [0.25, 0.3) is 16.5 Å². The number of rotatable bonds is 5. The van der Waals surface area contributed by atoms with E-state index in [0.717, 1.165) is 27.1 Å². The molecule has 0 aliphatic rings. The first kappa shape index (κ1) is 22.9. The maximum atomic E-state index is 13.8. The highest BCUT2D eigenvalue weighted by molar-refractivity contribution is 8.03. The highest BCUT2D eigenvalue weighted by atomic mass is 32.2. The molecular formula is C23H29FN2O2S. The molecule has 1 atom stereocenters. The van der Waals surface area contributed by atoms with Gasteiger partial charge < -0.3 is 10.1 Å². The smallest absolute Gasteiger partial charge is 0.408 e. The van der Waals surface area contributed by atoms with Crippen LogP contribution in [0.1, 0.15) is 58.8 Å². The molecule has 0 saturated carbocycles. The number of amides is 1. The van der Waals surface area contributed by atoms with E-state index in [1.807, 2.05) is 66.0 Å². The van der Waals surface area contributed by atoms with E-state index in [2.05, 4.69) is 5.32 Å². The van der Waals surface area contributed by atoms with Gasteiger partial charge in [-0.2, -0.15) is 0 Å². The first-order valence-corrected chi connectivity index (χ1v) is 10.8. The molecule has 1 aromatic heterocycles. The van der Waals surface area contributed by atoms with Crippen LogP contribution in [-0.2, 0) is 4.74 Å². The lowest BCUT2D eigenvalue weighted by Gasteiger charge is -2.24. The number of hydrogen-bond acceptors (Lipinski definition) is 4. The van der Waals surface area contributed by atoms with Crippen LogP contribution >= 0.6 is 11.8 Å². The maximum Gasteiger partial charge on any atom is 0.408 e. The van der Waals surface area contributed by atoms with E-state index >= 15 is 0 Å². The number of fused-ring (bicyclic) bond motifs is 1. The summed E-state index contributed by atoms with van der Waals surface area (Å²) in [6, 6.07) is 6.14. The summed E-state index contributed by atoms with van der Waals surface area (Å²) in [5.41, 5.74) is 2.49. The number of pyridine rings is 1. The van der Waals surface area contributed by atoms with Crippen molar-refractivity contribution in [3.63, 3.8) is 0 Å². The lowest BCUT2D eigenvalue weighted by Crippen LogP contribution is -2.34. The van der Waals surface area contributed by atoms with Crippen molar-refractivity contribution in [3.8, 4) is 0 Å². The van der Waals surface area contributed by atoms with Gasteiger partial charge >= 0.3 is 6.09 Å². The topological polar surface area (TPSA) is 51.2 Å². The number of alkyl carbamates (subject to hydrolysis) is 1. The summed E-state index contributed by atoms with van der Waals surface area (Å²) in [5.74, 6) is -0.332. The van der Waals surface area contributed by atoms with Crippen LogP contribution in [0.2, 0.25) is 0 Å². The maximum absolute atomic E-state index is 13.8. The third-order valence-corrected chi connectivity index (χ3v) is 5.20. The Hall–Kier alpha value is -2.34. The van der Waals surface area contributed by atoms with Gasteiger partial charge in [0.1, 0.15) is 11.4 Å². The summed E-state index contributed by atoms with van der Waals surface area (Å²) in [5, 5.41) is 3.70. The lowest BCUT2D eigenvalue weighted by molar-refractivity contribution is 0.0508. The molecule has 29 heavy (non-hydrogen) atoms. The average molecular weight is 417 g/mol. The fourth-order valence-electron chi connectivity index (χ4n) is 3.04. The van der Waals surface area contributed by atoms with E-state index in [1.54, 1.807) is 17.8 Å². The Bertz CT molecular complexity index is 961. The van der Waals surface area contributed by atoms with Gasteiger partial charge in [0.25, 0.3) is 0 Å². The molecule has 0 bridgehead atoms. The highest BCUT2D eigenvalue weighted by Crippen LogP contribution is 2.35. The van der Waals surface area contributed by atoms with Crippen molar-refractivity contribution < 1.29 is 13.9 Å². The molecule has 0 fully saturated rings. The number of allylic oxidation sites excluding steroid dienone is 3. The van der Waals surface area contributed by atoms with Crippen molar-refractivity contribution in [3.05, 3.63) is 58.4 Å². The summed E-state index contributed by atoms with van der Waals surface area (Å²) in [6.45, 7) is 11.3. The van der Waals surface area contributed by atoms with Crippen LogP contribution < -0.4 is 5.32 Å². The first-order valence-electron chi connectivity index (χ1n) is 9.56. The molecule has 0 radical (unpaired) electrons. The third kappa shape index (κ3) is 5.82. The van der Waals surface area contributed by atoms with Gasteiger partial charge in [0.05, 0.1) is 17.3 Å². The number of carbonyl (C=O) groups is 1. The third-order valence-electron chi connectivity index (χ3n) is 4.30. The Kier molecular flexibility index (Phi) is 7.47. The predicted octanol–water partition coefficient (Wildman–Crippen LogP) is 6.63. The van der Waals surface area contributed by atoms with Crippen molar-refractivity contribution in [2.75, 3.05) is 6.26 Å². The van der Waals surface area contributed by atoms with Gasteiger partial charge in [-0.15, -0.1) is 11.8 Å². The molecule has 2 rings (SSSR count). The number of aromatic nitrogens is 1. The normalized spacial score (nSPS) is 14.1. The standard InChI is InChI=1S/C23H29FN2O2S/c1-8-17(20(9-2)29-7)21-18(14(3)25-22(27)28-23(4,5)6)12-15-10-11-16(24)13-19(15)26-21/h8-14H,1-7H3,(H,25,27). The second kappa shape index (κ2) is 9.44. The predicted molar refractivity (Wildman–Crippen MR) is 120 cm³/mol. The van der Waals surface area contributed by atoms with Crippen molar-refractivity contribution in [2.45, 2.75) is 53.2 Å². The second-order valence-electron chi connectivity index (χ2n) is 7.69. The van der Waals surface area contributed by atoms with Gasteiger partial charge in [-0.1, -0.05) is 12.2 Å². The van der Waals surface area contributed by atoms with Crippen molar-refractivity contribution in [1.82, 2.24) is 10.3 Å². The lowest BCUT2D eigenvalue weighted by atomic mass is 9.98. The fourth-order valence-corrected chi connectivity index (χ4v) is 3.71. The summed E-state index contributed by atoms with van der Waals surface area (Å²) >= 11 is 1.61. The highest BCUT2D eigenvalue weighted by Gasteiger charge is 2.22. The Morgan fingerprint density at radius 1 is 1.24 bits per heavy atom. The number of ether oxygens (including phenoxy) is 1. The largest absolute Gasteiger partial charge is 0.444 e. The summed E-state index contributed by atoms with van der Waals surface area (Å²) in [6.07, 6.45) is 5.52. The minimum atomic E-state index is -0.586. The Morgan fingerprint density at radius 2 is 1.93 bits per heavy atom. The van der Waals surface area contributed by atoms with Gasteiger partial charge in [0.2, 0.25) is 0 Å². The van der Waals surface area contributed by atoms with Crippen LogP contribution in [-0.4, -0.2) is 22.9 Å². The molecule has 1 N–H and O–H groups in total. The van der Waals surface area contributed by atoms with Gasteiger partial charge in [-0.05, 0) is 66.0 Å². The number of thioether (sulfide) groups is 1.